The standard InChI is InChI=1S/C52H75NO11/c1-37(2)51(57)63-47-35-43(41-17-13-39(5)14-18-41)21-23-45(47)59-31-9-7-11-33-61-49(55)25-27-53(29-30-54)28-26-50(56)62-34-12-8-10-32-60-46-24-22-44(42-19-15-40(6)16-20-42)36-48(46)64-52(58)38(3)4/h21-24,35-36,39-42,54H,1,3,7-20,25-34H2,2,4-6H3. The topological polar surface area (TPSA) is 147 Å². The fraction of sp³-hybridized carbons (Fsp3) is 0.615. The molecule has 0 aliphatic heterocycles. The Hall–Kier alpha value is -4.68. The second kappa shape index (κ2) is 28.3. The fourth-order valence-electron chi connectivity index (χ4n) is 8.13. The molecule has 0 amide bonds. The van der Waals surface area contributed by atoms with Crippen molar-refractivity contribution in [1.82, 2.24) is 4.90 Å². The first-order valence-electron chi connectivity index (χ1n) is 23.8. The molecular formula is C52H75NO11. The molecule has 0 unspecified atom stereocenters. The molecule has 0 bridgehead atoms. The first kappa shape index (κ1) is 51.9. The van der Waals surface area contributed by atoms with Gasteiger partial charge in [0.05, 0.1) is 45.9 Å². The lowest BCUT2D eigenvalue weighted by molar-refractivity contribution is -0.144. The number of ether oxygens (including phenoxy) is 6. The third kappa shape index (κ3) is 18.8. The molecule has 2 fully saturated rings. The van der Waals surface area contributed by atoms with Crippen LogP contribution in [0.2, 0.25) is 0 Å². The average Bonchev–Trinajstić information content (AvgIpc) is 3.27. The Bertz CT molecular complexity index is 1680. The normalized spacial score (nSPS) is 18.5. The number of nitrogens with zero attached hydrogens (tertiary/aromatic N) is 1. The molecule has 2 saturated carbocycles. The second-order valence-electron chi connectivity index (χ2n) is 18.0. The molecule has 0 heterocycles. The maximum atomic E-state index is 12.5. The first-order valence-corrected chi connectivity index (χ1v) is 23.8. The van der Waals surface area contributed by atoms with Crippen LogP contribution in [0.4, 0.5) is 0 Å². The lowest BCUT2D eigenvalue weighted by atomic mass is 9.79. The van der Waals surface area contributed by atoms with E-state index in [0.717, 1.165) is 74.3 Å². The van der Waals surface area contributed by atoms with Gasteiger partial charge in [0.2, 0.25) is 0 Å². The number of hydrogen-bond acceptors (Lipinski definition) is 12. The number of rotatable bonds is 28. The monoisotopic (exact) mass is 890 g/mol. The smallest absolute Gasteiger partial charge is 0.338 e. The summed E-state index contributed by atoms with van der Waals surface area (Å²) < 4.78 is 34.3. The summed E-state index contributed by atoms with van der Waals surface area (Å²) in [5.41, 5.74) is 2.97. The van der Waals surface area contributed by atoms with Crippen LogP contribution < -0.4 is 18.9 Å². The summed E-state index contributed by atoms with van der Waals surface area (Å²) in [6.07, 6.45) is 13.9. The zero-order chi connectivity index (χ0) is 46.3. The van der Waals surface area contributed by atoms with Gasteiger partial charge in [-0.2, -0.15) is 0 Å². The molecule has 2 aromatic carbocycles. The van der Waals surface area contributed by atoms with Gasteiger partial charge in [0.1, 0.15) is 0 Å². The van der Waals surface area contributed by atoms with Crippen molar-refractivity contribution in [3.8, 4) is 23.0 Å². The van der Waals surface area contributed by atoms with Gasteiger partial charge in [-0.25, -0.2) is 9.59 Å². The number of carbonyl (C=O) groups excluding carboxylic acids is 4. The minimum atomic E-state index is -0.479. The van der Waals surface area contributed by atoms with Gasteiger partial charge in [0, 0.05) is 30.8 Å². The number of aliphatic hydroxyl groups is 1. The van der Waals surface area contributed by atoms with Crippen molar-refractivity contribution in [2.45, 2.75) is 142 Å². The van der Waals surface area contributed by atoms with Gasteiger partial charge in [-0.1, -0.05) is 64.8 Å². The van der Waals surface area contributed by atoms with Crippen LogP contribution in [-0.4, -0.2) is 86.6 Å². The summed E-state index contributed by atoms with van der Waals surface area (Å²) in [7, 11) is 0. The molecule has 2 aromatic rings. The maximum Gasteiger partial charge on any atom is 0.338 e. The Balaban J connectivity index is 1.06. The van der Waals surface area contributed by atoms with E-state index in [0.29, 0.717) is 91.7 Å². The van der Waals surface area contributed by atoms with Crippen LogP contribution in [-0.2, 0) is 28.7 Å². The summed E-state index contributed by atoms with van der Waals surface area (Å²) in [5, 5.41) is 9.55. The van der Waals surface area contributed by atoms with Gasteiger partial charge in [-0.3, -0.25) is 14.5 Å². The molecule has 2 aliphatic carbocycles. The van der Waals surface area contributed by atoms with E-state index in [1.54, 1.807) is 13.8 Å². The third-order valence-corrected chi connectivity index (χ3v) is 12.3. The number of hydrogen-bond donors (Lipinski definition) is 1. The predicted molar refractivity (Wildman–Crippen MR) is 248 cm³/mol. The minimum absolute atomic E-state index is 0.0993. The van der Waals surface area contributed by atoms with Crippen LogP contribution >= 0.6 is 0 Å². The third-order valence-electron chi connectivity index (χ3n) is 12.3. The molecule has 2 aliphatic rings. The van der Waals surface area contributed by atoms with Crippen molar-refractivity contribution in [3.63, 3.8) is 0 Å². The average molecular weight is 890 g/mol. The summed E-state index contributed by atoms with van der Waals surface area (Å²) in [6, 6.07) is 11.8. The molecule has 0 saturated heterocycles. The Morgan fingerprint density at radius 1 is 0.562 bits per heavy atom. The van der Waals surface area contributed by atoms with Gasteiger partial charge < -0.3 is 33.5 Å². The van der Waals surface area contributed by atoms with Crippen LogP contribution in [0.3, 0.4) is 0 Å². The summed E-state index contributed by atoms with van der Waals surface area (Å²) in [5.74, 6) is 2.63. The van der Waals surface area contributed by atoms with Gasteiger partial charge in [-0.05, 0) is 137 Å². The molecule has 4 rings (SSSR count). The highest BCUT2D eigenvalue weighted by molar-refractivity contribution is 5.89. The van der Waals surface area contributed by atoms with Crippen molar-refractivity contribution in [2.24, 2.45) is 11.8 Å². The summed E-state index contributed by atoms with van der Waals surface area (Å²) >= 11 is 0. The Morgan fingerprint density at radius 3 is 1.33 bits per heavy atom. The van der Waals surface area contributed by atoms with Crippen molar-refractivity contribution in [3.05, 3.63) is 71.8 Å². The Labute approximate surface area is 382 Å². The highest BCUT2D eigenvalue weighted by atomic mass is 16.6. The molecule has 12 heteroatoms. The van der Waals surface area contributed by atoms with E-state index in [9.17, 15) is 24.3 Å². The molecule has 64 heavy (non-hydrogen) atoms. The van der Waals surface area contributed by atoms with Gasteiger partial charge in [-0.15, -0.1) is 0 Å². The molecular weight excluding hydrogens is 815 g/mol. The van der Waals surface area contributed by atoms with Crippen molar-refractivity contribution < 1.29 is 52.7 Å². The second-order valence-corrected chi connectivity index (χ2v) is 18.0. The van der Waals surface area contributed by atoms with Crippen LogP contribution in [0.1, 0.15) is 153 Å². The van der Waals surface area contributed by atoms with Crippen LogP contribution in [0.25, 0.3) is 0 Å². The highest BCUT2D eigenvalue weighted by Crippen LogP contribution is 2.41. The highest BCUT2D eigenvalue weighted by Gasteiger charge is 2.24. The molecule has 0 atom stereocenters. The number of esters is 4. The van der Waals surface area contributed by atoms with Crippen LogP contribution in [0.15, 0.2) is 60.7 Å². The SMILES string of the molecule is C=C(C)C(=O)Oc1cc(C2CCC(C)CC2)ccc1OCCCCCOC(=O)CCN(CCO)CCC(=O)OCCCCCOc1ccc(C2CCC(C)CC2)cc1OC(=O)C(=C)C. The van der Waals surface area contributed by atoms with Crippen LogP contribution in [0, 0.1) is 11.8 Å². The first-order chi connectivity index (χ1) is 30.8. The largest absolute Gasteiger partial charge is 0.490 e. The van der Waals surface area contributed by atoms with Crippen molar-refractivity contribution in [2.75, 3.05) is 52.7 Å². The maximum absolute atomic E-state index is 12.5. The van der Waals surface area contributed by atoms with E-state index in [4.69, 9.17) is 28.4 Å². The van der Waals surface area contributed by atoms with Crippen molar-refractivity contribution >= 4 is 23.9 Å². The van der Waals surface area contributed by atoms with E-state index >= 15 is 0 Å². The Morgan fingerprint density at radius 2 is 0.953 bits per heavy atom. The lowest BCUT2D eigenvalue weighted by Gasteiger charge is -2.27. The van der Waals surface area contributed by atoms with Gasteiger partial charge >= 0.3 is 23.9 Å². The lowest BCUT2D eigenvalue weighted by Crippen LogP contribution is -2.32. The zero-order valence-corrected chi connectivity index (χ0v) is 39.1. The van der Waals surface area contributed by atoms with Gasteiger partial charge in [0.15, 0.2) is 23.0 Å². The van der Waals surface area contributed by atoms with Gasteiger partial charge in [0.25, 0.3) is 0 Å². The minimum Gasteiger partial charge on any atom is -0.490 e. The molecule has 1 N–H and O–H groups in total. The number of benzene rings is 2. The summed E-state index contributed by atoms with van der Waals surface area (Å²) in [6.45, 7) is 17.6. The van der Waals surface area contributed by atoms with E-state index in [-0.39, 0.29) is 44.6 Å². The van der Waals surface area contributed by atoms with Crippen LogP contribution in [0.5, 0.6) is 23.0 Å². The van der Waals surface area contributed by atoms with E-state index in [1.807, 2.05) is 29.2 Å². The zero-order valence-electron chi connectivity index (χ0n) is 39.1. The van der Waals surface area contributed by atoms with E-state index in [1.165, 1.54) is 25.7 Å². The van der Waals surface area contributed by atoms with E-state index in [2.05, 4.69) is 39.1 Å². The quantitative estimate of drug-likeness (QED) is 0.0375. The Kier molecular flexibility index (Phi) is 23.0. The molecule has 354 valence electrons. The number of carbonyl (C=O) groups is 4. The van der Waals surface area contributed by atoms with Crippen molar-refractivity contribution in [1.29, 1.82) is 0 Å². The molecule has 0 spiro atoms. The molecule has 12 nitrogen and oxygen atoms in total. The number of unbranched alkanes of at least 4 members (excludes halogenated alkanes) is 4. The summed E-state index contributed by atoms with van der Waals surface area (Å²) in [4.78, 5) is 51.6. The predicted octanol–water partition coefficient (Wildman–Crippen LogP) is 10.2. The number of aliphatic hydroxyl groups excluding tert-OH is 1. The molecule has 0 radical (unpaired) electrons. The fourth-order valence-corrected chi connectivity index (χ4v) is 8.13. The molecule has 0 aromatic heterocycles. The van der Waals surface area contributed by atoms with E-state index < -0.39 is 11.9 Å².